The van der Waals surface area contributed by atoms with E-state index in [1.165, 1.54) is 6.20 Å². The third-order valence-electron chi connectivity index (χ3n) is 1.29. The van der Waals surface area contributed by atoms with E-state index < -0.39 is 12.6 Å². The van der Waals surface area contributed by atoms with Gasteiger partial charge in [0.25, 0.3) is 0 Å². The summed E-state index contributed by atoms with van der Waals surface area (Å²) in [5.74, 6) is -1.08. The van der Waals surface area contributed by atoms with Gasteiger partial charge < -0.3 is 5.11 Å². The van der Waals surface area contributed by atoms with E-state index in [2.05, 4.69) is 5.10 Å². The number of hydrogen-bond donors (Lipinski definition) is 1. The predicted molar refractivity (Wildman–Crippen MR) is 47.9 cm³/mol. The van der Waals surface area contributed by atoms with Crippen molar-refractivity contribution in [1.29, 1.82) is 0 Å². The van der Waals surface area contributed by atoms with Crippen molar-refractivity contribution < 1.29 is 14.3 Å². The lowest BCUT2D eigenvalue weighted by Gasteiger charge is -1.99. The molecule has 1 aromatic rings. The van der Waals surface area contributed by atoms with Crippen molar-refractivity contribution in [2.24, 2.45) is 0 Å². The fourth-order valence-corrected chi connectivity index (χ4v) is 1.46. The van der Waals surface area contributed by atoms with Crippen LogP contribution < -0.4 is 0 Å². The minimum absolute atomic E-state index is 0.00929. The second-order valence-corrected chi connectivity index (χ2v) is 3.22. The summed E-state index contributed by atoms with van der Waals surface area (Å²) >= 11 is 1.85. The molecule has 66 valence electrons. The summed E-state index contributed by atoms with van der Waals surface area (Å²) in [4.78, 5) is 10.6. The molecule has 0 atom stereocenters. The lowest BCUT2D eigenvalue weighted by atomic mass is 10.4. The van der Waals surface area contributed by atoms with Crippen LogP contribution in [0.2, 0.25) is 0 Å². The Bertz CT molecular complexity index is 300. The van der Waals surface area contributed by atoms with Crippen LogP contribution in [-0.4, -0.2) is 27.5 Å². The maximum Gasteiger partial charge on any atom is 0.355 e. The predicted octanol–water partition coefficient (Wildman–Crippen LogP) is 1.16. The van der Waals surface area contributed by atoms with E-state index in [4.69, 9.17) is 5.11 Å². The van der Waals surface area contributed by atoms with Crippen molar-refractivity contribution in [3.05, 3.63) is 15.5 Å². The number of rotatable bonds is 3. The Morgan fingerprint density at radius 1 is 1.83 bits per heavy atom. The number of hydrogen-bond acceptors (Lipinski definition) is 2. The summed E-state index contributed by atoms with van der Waals surface area (Å²) in [6.07, 6.45) is 1.40. The number of alkyl halides is 1. The zero-order valence-electron chi connectivity index (χ0n) is 6.00. The third kappa shape index (κ3) is 1.74. The highest BCUT2D eigenvalue weighted by Gasteiger charge is 2.14. The van der Waals surface area contributed by atoms with Crippen LogP contribution in [0.25, 0.3) is 0 Å². The Morgan fingerprint density at radius 2 is 2.50 bits per heavy atom. The zero-order valence-corrected chi connectivity index (χ0v) is 8.15. The molecule has 0 aromatic carbocycles. The Morgan fingerprint density at radius 3 is 3.00 bits per heavy atom. The molecule has 6 heteroatoms. The first kappa shape index (κ1) is 9.43. The van der Waals surface area contributed by atoms with E-state index in [0.29, 0.717) is 3.57 Å². The monoisotopic (exact) mass is 284 g/mol. The van der Waals surface area contributed by atoms with E-state index in [1.54, 1.807) is 0 Å². The Kier molecular flexibility index (Phi) is 3.01. The zero-order chi connectivity index (χ0) is 9.14. The maximum absolute atomic E-state index is 11.9. The van der Waals surface area contributed by atoms with Crippen molar-refractivity contribution in [3.63, 3.8) is 0 Å². The van der Waals surface area contributed by atoms with Crippen molar-refractivity contribution in [3.8, 4) is 0 Å². The van der Waals surface area contributed by atoms with E-state index in [0.717, 1.165) is 4.68 Å². The molecule has 4 nitrogen and oxygen atoms in total. The highest BCUT2D eigenvalue weighted by Crippen LogP contribution is 2.11. The van der Waals surface area contributed by atoms with Gasteiger partial charge in [-0.2, -0.15) is 5.10 Å². The van der Waals surface area contributed by atoms with Crippen LogP contribution in [-0.2, 0) is 6.54 Å². The molecule has 1 aromatic heterocycles. The number of carboxylic acid groups (broad SMARTS) is 1. The number of aryl methyl sites for hydroxylation is 1. The molecule has 0 aliphatic heterocycles. The molecule has 12 heavy (non-hydrogen) atoms. The van der Waals surface area contributed by atoms with Gasteiger partial charge in [0, 0.05) is 0 Å². The first-order chi connectivity index (χ1) is 5.66. The van der Waals surface area contributed by atoms with Gasteiger partial charge in [-0.05, 0) is 22.6 Å². The Balaban J connectivity index is 3.04. The van der Waals surface area contributed by atoms with Gasteiger partial charge in [0.05, 0.1) is 16.3 Å². The normalized spacial score (nSPS) is 10.2. The minimum Gasteiger partial charge on any atom is -0.476 e. The van der Waals surface area contributed by atoms with Crippen LogP contribution in [0.3, 0.4) is 0 Å². The second-order valence-electron chi connectivity index (χ2n) is 2.06. The van der Waals surface area contributed by atoms with Crippen LogP contribution in [0.1, 0.15) is 10.5 Å². The summed E-state index contributed by atoms with van der Waals surface area (Å²) in [6.45, 7) is -0.622. The summed E-state index contributed by atoms with van der Waals surface area (Å²) in [5.41, 5.74) is 0.0493. The van der Waals surface area contributed by atoms with E-state index in [-0.39, 0.29) is 12.2 Å². The Labute approximate surface area is 81.5 Å². The highest BCUT2D eigenvalue weighted by molar-refractivity contribution is 14.1. The first-order valence-corrected chi connectivity index (χ1v) is 4.25. The van der Waals surface area contributed by atoms with Crippen LogP contribution in [0.4, 0.5) is 4.39 Å². The number of carbonyl (C=O) groups is 1. The number of carboxylic acids is 1. The molecule has 0 aliphatic rings. The van der Waals surface area contributed by atoms with Gasteiger partial charge in [0.15, 0.2) is 5.69 Å². The SMILES string of the molecule is O=C(O)c1c(I)cnn1CCF. The molecule has 0 spiro atoms. The van der Waals surface area contributed by atoms with Crippen LogP contribution in [0.5, 0.6) is 0 Å². The van der Waals surface area contributed by atoms with Crippen LogP contribution in [0, 0.1) is 3.57 Å². The van der Waals surface area contributed by atoms with E-state index in [9.17, 15) is 9.18 Å². The van der Waals surface area contributed by atoms with Gasteiger partial charge in [0.1, 0.15) is 6.67 Å². The molecule has 0 radical (unpaired) electrons. The van der Waals surface area contributed by atoms with Gasteiger partial charge in [-0.15, -0.1) is 0 Å². The highest BCUT2D eigenvalue weighted by atomic mass is 127. The largest absolute Gasteiger partial charge is 0.476 e. The standard InChI is InChI=1S/C6H6FIN2O2/c7-1-2-10-5(6(11)12)4(8)3-9-10/h3H,1-2H2,(H,11,12). The summed E-state index contributed by atoms with van der Waals surface area (Å²) in [6, 6.07) is 0. The second kappa shape index (κ2) is 3.83. The smallest absolute Gasteiger partial charge is 0.355 e. The molecular weight excluding hydrogens is 278 g/mol. The first-order valence-electron chi connectivity index (χ1n) is 3.17. The molecule has 0 bridgehead atoms. The van der Waals surface area contributed by atoms with E-state index >= 15 is 0 Å². The molecule has 1 N–H and O–H groups in total. The molecule has 0 saturated carbocycles. The molecule has 0 aliphatic carbocycles. The maximum atomic E-state index is 11.9. The number of halogens is 2. The van der Waals surface area contributed by atoms with Crippen LogP contribution >= 0.6 is 22.6 Å². The van der Waals surface area contributed by atoms with E-state index in [1.807, 2.05) is 22.6 Å². The lowest BCUT2D eigenvalue weighted by molar-refractivity contribution is 0.0681. The van der Waals surface area contributed by atoms with Gasteiger partial charge >= 0.3 is 5.97 Å². The Hall–Kier alpha value is -0.660. The topological polar surface area (TPSA) is 55.1 Å². The molecule has 0 amide bonds. The average molecular weight is 284 g/mol. The van der Waals surface area contributed by atoms with Gasteiger partial charge in [-0.25, -0.2) is 9.18 Å². The van der Waals surface area contributed by atoms with Crippen molar-refractivity contribution in [2.45, 2.75) is 6.54 Å². The molecule has 1 rings (SSSR count). The average Bonchev–Trinajstić information content (AvgIpc) is 2.32. The van der Waals surface area contributed by atoms with Gasteiger partial charge in [0.2, 0.25) is 0 Å². The lowest BCUT2D eigenvalue weighted by Crippen LogP contribution is -2.12. The van der Waals surface area contributed by atoms with Crippen molar-refractivity contribution in [2.75, 3.05) is 6.67 Å². The van der Waals surface area contributed by atoms with Gasteiger partial charge in [-0.1, -0.05) is 0 Å². The number of aromatic nitrogens is 2. The summed E-state index contributed by atoms with van der Waals surface area (Å²) in [5, 5.41) is 12.4. The molecule has 1 heterocycles. The van der Waals surface area contributed by atoms with Crippen molar-refractivity contribution >= 4 is 28.6 Å². The van der Waals surface area contributed by atoms with Gasteiger partial charge in [-0.3, -0.25) is 4.68 Å². The summed E-state index contributed by atoms with van der Waals surface area (Å²) in [7, 11) is 0. The van der Waals surface area contributed by atoms with Crippen LogP contribution in [0.15, 0.2) is 6.20 Å². The number of aromatic carboxylic acids is 1. The third-order valence-corrected chi connectivity index (χ3v) is 2.08. The molecular formula is C6H6FIN2O2. The molecule has 0 fully saturated rings. The fraction of sp³-hybridized carbons (Fsp3) is 0.333. The fourth-order valence-electron chi connectivity index (χ4n) is 0.825. The summed E-state index contributed by atoms with van der Waals surface area (Å²) < 4.78 is 13.5. The van der Waals surface area contributed by atoms with Crippen molar-refractivity contribution in [1.82, 2.24) is 9.78 Å². The minimum atomic E-state index is -1.08. The quantitative estimate of drug-likeness (QED) is 0.847. The molecule has 0 unspecified atom stereocenters. The number of nitrogens with zero attached hydrogens (tertiary/aromatic N) is 2. The molecule has 0 saturated heterocycles.